The van der Waals surface area contributed by atoms with E-state index in [0.29, 0.717) is 52.4 Å². The second kappa shape index (κ2) is 11.0. The monoisotopic (exact) mass is 484 g/mol. The lowest BCUT2D eigenvalue weighted by molar-refractivity contribution is -0.110. The molecule has 0 fully saturated rings. The first kappa shape index (κ1) is 24.8. The SMILES string of the molecule is CON(CCN(C)C)C(=O)c1ccc(N/C(=C2\C(=O)Nc3cc(C=O)ccc32)c2ccccc2)cc1. The summed E-state index contributed by atoms with van der Waals surface area (Å²) in [7, 11) is 5.34. The largest absolute Gasteiger partial charge is 0.354 e. The number of aldehydes is 1. The number of carbonyl (C=O) groups excluding carboxylic acids is 3. The van der Waals surface area contributed by atoms with Gasteiger partial charge in [0, 0.05) is 34.6 Å². The van der Waals surface area contributed by atoms with Crippen molar-refractivity contribution in [2.45, 2.75) is 0 Å². The molecule has 4 rings (SSSR count). The zero-order chi connectivity index (χ0) is 25.7. The molecule has 0 saturated heterocycles. The molecular formula is C28H28N4O4. The lowest BCUT2D eigenvalue weighted by Crippen LogP contribution is -2.35. The Labute approximate surface area is 210 Å². The van der Waals surface area contributed by atoms with Gasteiger partial charge in [0.15, 0.2) is 0 Å². The molecule has 3 aromatic rings. The standard InChI is InChI=1S/C28H28N4O4/c1-31(2)15-16-32(36-3)28(35)21-10-12-22(13-11-21)29-26(20-7-5-4-6-8-20)25-23-14-9-19(18-33)17-24(23)30-27(25)34/h4-14,17-18,29H,15-16H2,1-3H3,(H,30,34)/b26-25-. The van der Waals surface area contributed by atoms with Crippen LogP contribution in [0.2, 0.25) is 0 Å². The van der Waals surface area contributed by atoms with Gasteiger partial charge >= 0.3 is 0 Å². The van der Waals surface area contributed by atoms with Crippen molar-refractivity contribution in [1.29, 1.82) is 0 Å². The predicted octanol–water partition coefficient (Wildman–Crippen LogP) is 4.00. The summed E-state index contributed by atoms with van der Waals surface area (Å²) < 4.78 is 0. The summed E-state index contributed by atoms with van der Waals surface area (Å²) in [6, 6.07) is 21.7. The van der Waals surface area contributed by atoms with Gasteiger partial charge in [0.05, 0.1) is 24.9 Å². The average molecular weight is 485 g/mol. The first-order valence-electron chi connectivity index (χ1n) is 11.5. The van der Waals surface area contributed by atoms with Crippen molar-refractivity contribution in [3.05, 3.63) is 95.1 Å². The Morgan fingerprint density at radius 3 is 2.33 bits per heavy atom. The van der Waals surface area contributed by atoms with E-state index in [1.54, 1.807) is 42.5 Å². The number of nitrogens with one attached hydrogen (secondary N) is 2. The van der Waals surface area contributed by atoms with Gasteiger partial charge in [0.1, 0.15) is 6.29 Å². The van der Waals surface area contributed by atoms with Gasteiger partial charge in [-0.2, -0.15) is 0 Å². The summed E-state index contributed by atoms with van der Waals surface area (Å²) in [5, 5.41) is 7.56. The highest BCUT2D eigenvalue weighted by Crippen LogP contribution is 2.37. The second-order valence-electron chi connectivity index (χ2n) is 8.59. The highest BCUT2D eigenvalue weighted by Gasteiger charge is 2.28. The summed E-state index contributed by atoms with van der Waals surface area (Å²) in [5.41, 5.74) is 4.90. The summed E-state index contributed by atoms with van der Waals surface area (Å²) >= 11 is 0. The molecule has 3 aromatic carbocycles. The van der Waals surface area contributed by atoms with E-state index in [-0.39, 0.29) is 11.8 Å². The fourth-order valence-corrected chi connectivity index (χ4v) is 3.95. The molecule has 0 aromatic heterocycles. The van der Waals surface area contributed by atoms with Crippen molar-refractivity contribution in [3.63, 3.8) is 0 Å². The molecule has 0 saturated carbocycles. The number of hydroxylamine groups is 2. The van der Waals surface area contributed by atoms with Crippen molar-refractivity contribution < 1.29 is 19.2 Å². The van der Waals surface area contributed by atoms with E-state index in [0.717, 1.165) is 11.8 Å². The maximum absolute atomic E-state index is 13.0. The zero-order valence-electron chi connectivity index (χ0n) is 20.4. The van der Waals surface area contributed by atoms with E-state index >= 15 is 0 Å². The number of fused-ring (bicyclic) bond motifs is 1. The lowest BCUT2D eigenvalue weighted by atomic mass is 9.99. The number of hydrogen-bond donors (Lipinski definition) is 2. The van der Waals surface area contributed by atoms with Gasteiger partial charge in [0.2, 0.25) is 0 Å². The number of carbonyl (C=O) groups is 3. The van der Waals surface area contributed by atoms with Crippen LogP contribution in [0.4, 0.5) is 11.4 Å². The molecule has 8 nitrogen and oxygen atoms in total. The Balaban J connectivity index is 1.67. The van der Waals surface area contributed by atoms with Gasteiger partial charge < -0.3 is 15.5 Å². The molecule has 8 heteroatoms. The molecule has 1 aliphatic rings. The molecule has 0 aliphatic carbocycles. The minimum atomic E-state index is -0.261. The summed E-state index contributed by atoms with van der Waals surface area (Å²) in [6.07, 6.45) is 0.749. The summed E-state index contributed by atoms with van der Waals surface area (Å²) in [4.78, 5) is 44.3. The number of anilines is 2. The predicted molar refractivity (Wildman–Crippen MR) is 140 cm³/mol. The molecule has 2 N–H and O–H groups in total. The van der Waals surface area contributed by atoms with Crippen LogP contribution in [-0.2, 0) is 9.63 Å². The van der Waals surface area contributed by atoms with Gasteiger partial charge in [-0.25, -0.2) is 5.06 Å². The number of likely N-dealkylation sites (N-methyl/N-ethyl adjacent to an activating group) is 1. The van der Waals surface area contributed by atoms with Crippen LogP contribution in [0.3, 0.4) is 0 Å². The number of rotatable bonds is 9. The summed E-state index contributed by atoms with van der Waals surface area (Å²) in [6.45, 7) is 1.11. The summed E-state index contributed by atoms with van der Waals surface area (Å²) in [5.74, 6) is -0.495. The van der Waals surface area contributed by atoms with Crippen molar-refractivity contribution in [2.75, 3.05) is 44.9 Å². The maximum atomic E-state index is 13.0. The molecule has 0 atom stereocenters. The van der Waals surface area contributed by atoms with Crippen molar-refractivity contribution >= 4 is 40.7 Å². The first-order chi connectivity index (χ1) is 17.4. The lowest BCUT2D eigenvalue weighted by Gasteiger charge is -2.22. The third-order valence-corrected chi connectivity index (χ3v) is 5.84. The average Bonchev–Trinajstić information content (AvgIpc) is 3.22. The van der Waals surface area contributed by atoms with E-state index in [1.807, 2.05) is 49.3 Å². The van der Waals surface area contributed by atoms with Gasteiger partial charge in [-0.3, -0.25) is 19.2 Å². The van der Waals surface area contributed by atoms with Crippen molar-refractivity contribution in [1.82, 2.24) is 9.96 Å². The second-order valence-corrected chi connectivity index (χ2v) is 8.59. The maximum Gasteiger partial charge on any atom is 0.277 e. The van der Waals surface area contributed by atoms with E-state index in [4.69, 9.17) is 4.84 Å². The fraction of sp³-hybridized carbons (Fsp3) is 0.179. The highest BCUT2D eigenvalue weighted by atomic mass is 16.7. The minimum Gasteiger partial charge on any atom is -0.354 e. The van der Waals surface area contributed by atoms with Gasteiger partial charge in [-0.15, -0.1) is 0 Å². The molecule has 2 amide bonds. The van der Waals surface area contributed by atoms with E-state index in [2.05, 4.69) is 10.6 Å². The topological polar surface area (TPSA) is 91.0 Å². The van der Waals surface area contributed by atoms with Crippen LogP contribution in [-0.4, -0.2) is 62.4 Å². The van der Waals surface area contributed by atoms with Gasteiger partial charge in [0.25, 0.3) is 11.8 Å². The number of nitrogens with zero attached hydrogens (tertiary/aromatic N) is 2. The van der Waals surface area contributed by atoms with Gasteiger partial charge in [-0.1, -0.05) is 42.5 Å². The van der Waals surface area contributed by atoms with Crippen LogP contribution in [0.5, 0.6) is 0 Å². The molecule has 1 heterocycles. The third kappa shape index (κ3) is 5.35. The Kier molecular flexibility index (Phi) is 7.58. The Morgan fingerprint density at radius 2 is 1.69 bits per heavy atom. The van der Waals surface area contributed by atoms with Crippen LogP contribution in [0.1, 0.15) is 31.8 Å². The van der Waals surface area contributed by atoms with Crippen LogP contribution in [0.25, 0.3) is 11.3 Å². The van der Waals surface area contributed by atoms with Crippen LogP contribution in [0, 0.1) is 0 Å². The molecule has 0 bridgehead atoms. The Hall–Kier alpha value is -4.27. The smallest absolute Gasteiger partial charge is 0.277 e. The number of benzene rings is 3. The van der Waals surface area contributed by atoms with E-state index in [9.17, 15) is 14.4 Å². The third-order valence-electron chi connectivity index (χ3n) is 5.84. The van der Waals surface area contributed by atoms with Crippen LogP contribution >= 0.6 is 0 Å². The van der Waals surface area contributed by atoms with Crippen molar-refractivity contribution in [3.8, 4) is 0 Å². The molecule has 0 spiro atoms. The normalized spacial score (nSPS) is 13.7. The van der Waals surface area contributed by atoms with Crippen molar-refractivity contribution in [2.24, 2.45) is 0 Å². The van der Waals surface area contributed by atoms with Crippen LogP contribution < -0.4 is 10.6 Å². The van der Waals surface area contributed by atoms with E-state index in [1.165, 1.54) is 12.2 Å². The number of hydrogen-bond acceptors (Lipinski definition) is 6. The minimum absolute atomic E-state index is 0.234. The molecule has 1 aliphatic heterocycles. The first-order valence-corrected chi connectivity index (χ1v) is 11.5. The molecule has 36 heavy (non-hydrogen) atoms. The molecule has 184 valence electrons. The zero-order valence-corrected chi connectivity index (χ0v) is 20.4. The van der Waals surface area contributed by atoms with E-state index < -0.39 is 0 Å². The van der Waals surface area contributed by atoms with Crippen LogP contribution in [0.15, 0.2) is 72.8 Å². The number of amides is 2. The fourth-order valence-electron chi connectivity index (χ4n) is 3.95. The quantitative estimate of drug-likeness (QED) is 0.271. The van der Waals surface area contributed by atoms with Gasteiger partial charge in [-0.05, 0) is 50.0 Å². The molecule has 0 unspecified atom stereocenters. The Morgan fingerprint density at radius 1 is 0.972 bits per heavy atom. The highest BCUT2D eigenvalue weighted by molar-refractivity contribution is 6.37. The molecule has 0 radical (unpaired) electrons. The molecular weight excluding hydrogens is 456 g/mol. The Bertz CT molecular complexity index is 1300.